The summed E-state index contributed by atoms with van der Waals surface area (Å²) >= 11 is 4.96. The highest BCUT2D eigenvalue weighted by atomic mass is 79.9. The molecule has 2 aromatic rings. The molecule has 0 spiro atoms. The maximum absolute atomic E-state index is 5.83. The van der Waals surface area contributed by atoms with Crippen LogP contribution in [0.5, 0.6) is 0 Å². The van der Waals surface area contributed by atoms with Gasteiger partial charge in [0.15, 0.2) is 5.82 Å². The molecular formula is C10H12BrN3OS. The van der Waals surface area contributed by atoms with Gasteiger partial charge in [-0.15, -0.1) is 11.3 Å². The third-order valence-electron chi connectivity index (χ3n) is 2.22. The molecule has 2 heterocycles. The first-order valence-corrected chi connectivity index (χ1v) is 6.64. The van der Waals surface area contributed by atoms with Crippen LogP contribution in [0.2, 0.25) is 0 Å². The van der Waals surface area contributed by atoms with Crippen molar-refractivity contribution >= 4 is 27.3 Å². The van der Waals surface area contributed by atoms with Gasteiger partial charge in [-0.3, -0.25) is 0 Å². The van der Waals surface area contributed by atoms with Gasteiger partial charge in [0.1, 0.15) is 0 Å². The summed E-state index contributed by atoms with van der Waals surface area (Å²) in [6.07, 6.45) is 1.57. The van der Waals surface area contributed by atoms with Gasteiger partial charge in [0.2, 0.25) is 0 Å². The molecule has 0 saturated heterocycles. The van der Waals surface area contributed by atoms with Crippen molar-refractivity contribution in [2.24, 2.45) is 5.73 Å². The van der Waals surface area contributed by atoms with Crippen LogP contribution < -0.4 is 5.73 Å². The first kappa shape index (κ1) is 11.8. The standard InChI is InChI=1S/C10H12BrN3OS/c1-2-6(12)5-9-13-10(15-14-9)7-3-4-8(11)16-7/h3-4,6H,2,5,12H2,1H3. The van der Waals surface area contributed by atoms with Crippen molar-refractivity contribution in [1.29, 1.82) is 0 Å². The molecule has 0 aliphatic heterocycles. The lowest BCUT2D eigenvalue weighted by Gasteiger charge is -2.02. The maximum atomic E-state index is 5.83. The van der Waals surface area contributed by atoms with Gasteiger partial charge in [-0.1, -0.05) is 12.1 Å². The van der Waals surface area contributed by atoms with Crippen LogP contribution in [0.3, 0.4) is 0 Å². The Balaban J connectivity index is 2.13. The highest BCUT2D eigenvalue weighted by molar-refractivity contribution is 9.11. The van der Waals surface area contributed by atoms with Crippen LogP contribution >= 0.6 is 27.3 Å². The summed E-state index contributed by atoms with van der Waals surface area (Å²) < 4.78 is 6.23. The van der Waals surface area contributed by atoms with Crippen LogP contribution in [0.1, 0.15) is 19.2 Å². The summed E-state index contributed by atoms with van der Waals surface area (Å²) in [6, 6.07) is 4.01. The molecule has 0 aliphatic carbocycles. The summed E-state index contributed by atoms with van der Waals surface area (Å²) in [5.41, 5.74) is 5.83. The van der Waals surface area contributed by atoms with E-state index in [0.29, 0.717) is 18.1 Å². The predicted octanol–water partition coefficient (Wildman–Crippen LogP) is 2.84. The summed E-state index contributed by atoms with van der Waals surface area (Å²) in [5, 5.41) is 3.92. The summed E-state index contributed by atoms with van der Waals surface area (Å²) in [7, 11) is 0. The van der Waals surface area contributed by atoms with Crippen molar-refractivity contribution in [3.63, 3.8) is 0 Å². The highest BCUT2D eigenvalue weighted by Gasteiger charge is 2.12. The van der Waals surface area contributed by atoms with Gasteiger partial charge in [0.25, 0.3) is 5.89 Å². The Hall–Kier alpha value is -0.720. The number of hydrogen-bond acceptors (Lipinski definition) is 5. The molecule has 4 nitrogen and oxygen atoms in total. The van der Waals surface area contributed by atoms with E-state index in [4.69, 9.17) is 10.3 Å². The third-order valence-corrected chi connectivity index (χ3v) is 3.83. The van der Waals surface area contributed by atoms with E-state index in [2.05, 4.69) is 26.1 Å². The van der Waals surface area contributed by atoms with E-state index in [9.17, 15) is 0 Å². The molecule has 0 aliphatic rings. The largest absolute Gasteiger partial charge is 0.333 e. The van der Waals surface area contributed by atoms with Crippen LogP contribution in [0.4, 0.5) is 0 Å². The van der Waals surface area contributed by atoms with Crippen LogP contribution in [0.15, 0.2) is 20.4 Å². The highest BCUT2D eigenvalue weighted by Crippen LogP contribution is 2.30. The number of hydrogen-bond donors (Lipinski definition) is 1. The molecule has 1 unspecified atom stereocenters. The van der Waals surface area contributed by atoms with Crippen LogP contribution in [0, 0.1) is 0 Å². The Morgan fingerprint density at radius 3 is 3.00 bits per heavy atom. The fourth-order valence-corrected chi connectivity index (χ4v) is 2.55. The molecule has 6 heteroatoms. The summed E-state index contributed by atoms with van der Waals surface area (Å²) in [5.74, 6) is 1.24. The minimum atomic E-state index is 0.0977. The molecule has 86 valence electrons. The molecule has 0 fully saturated rings. The molecule has 0 saturated carbocycles. The van der Waals surface area contributed by atoms with Crippen LogP contribution in [-0.2, 0) is 6.42 Å². The average molecular weight is 302 g/mol. The van der Waals surface area contributed by atoms with E-state index in [1.165, 1.54) is 0 Å². The Morgan fingerprint density at radius 1 is 1.56 bits per heavy atom. The molecular weight excluding hydrogens is 290 g/mol. The molecule has 0 amide bonds. The van der Waals surface area contributed by atoms with Crippen molar-refractivity contribution in [2.75, 3.05) is 0 Å². The van der Waals surface area contributed by atoms with E-state index in [1.54, 1.807) is 11.3 Å². The molecule has 0 radical (unpaired) electrons. The minimum absolute atomic E-state index is 0.0977. The Bertz CT molecular complexity index is 468. The number of thiophene rings is 1. The first-order chi connectivity index (χ1) is 7.69. The van der Waals surface area contributed by atoms with Gasteiger partial charge in [-0.25, -0.2) is 0 Å². The number of aromatic nitrogens is 2. The summed E-state index contributed by atoms with van der Waals surface area (Å²) in [4.78, 5) is 5.28. The van der Waals surface area contributed by atoms with Crippen LogP contribution in [-0.4, -0.2) is 16.2 Å². The van der Waals surface area contributed by atoms with Gasteiger partial charge in [-0.2, -0.15) is 4.98 Å². The van der Waals surface area contributed by atoms with Gasteiger partial charge in [-0.05, 0) is 34.5 Å². The van der Waals surface area contributed by atoms with E-state index >= 15 is 0 Å². The molecule has 0 aromatic carbocycles. The van der Waals surface area contributed by atoms with Crippen LogP contribution in [0.25, 0.3) is 10.8 Å². The van der Waals surface area contributed by atoms with Crippen molar-refractivity contribution in [3.8, 4) is 10.8 Å². The monoisotopic (exact) mass is 301 g/mol. The van der Waals surface area contributed by atoms with Crippen molar-refractivity contribution in [2.45, 2.75) is 25.8 Å². The zero-order valence-electron chi connectivity index (χ0n) is 8.81. The first-order valence-electron chi connectivity index (χ1n) is 5.03. The maximum Gasteiger partial charge on any atom is 0.268 e. The Morgan fingerprint density at radius 2 is 2.38 bits per heavy atom. The number of nitrogens with two attached hydrogens (primary N) is 1. The molecule has 2 aromatic heterocycles. The normalized spacial score (nSPS) is 12.9. The quantitative estimate of drug-likeness (QED) is 0.943. The van der Waals surface area contributed by atoms with Gasteiger partial charge in [0, 0.05) is 12.5 Å². The second kappa shape index (κ2) is 5.07. The molecule has 2 N–H and O–H groups in total. The fourth-order valence-electron chi connectivity index (χ4n) is 1.25. The molecule has 1 atom stereocenters. The van der Waals surface area contributed by atoms with E-state index in [-0.39, 0.29) is 6.04 Å². The lowest BCUT2D eigenvalue weighted by atomic mass is 10.2. The fraction of sp³-hybridized carbons (Fsp3) is 0.400. The zero-order chi connectivity index (χ0) is 11.5. The third kappa shape index (κ3) is 2.69. The van der Waals surface area contributed by atoms with E-state index in [0.717, 1.165) is 15.1 Å². The summed E-state index contributed by atoms with van der Waals surface area (Å²) in [6.45, 7) is 2.04. The zero-order valence-corrected chi connectivity index (χ0v) is 11.2. The van der Waals surface area contributed by atoms with Crippen molar-refractivity contribution in [3.05, 3.63) is 21.7 Å². The average Bonchev–Trinajstić information content (AvgIpc) is 2.87. The lowest BCUT2D eigenvalue weighted by Crippen LogP contribution is -2.21. The second-order valence-corrected chi connectivity index (χ2v) is 5.95. The number of nitrogens with zero attached hydrogens (tertiary/aromatic N) is 2. The van der Waals surface area contributed by atoms with E-state index in [1.807, 2.05) is 19.1 Å². The lowest BCUT2D eigenvalue weighted by molar-refractivity contribution is 0.420. The SMILES string of the molecule is CCC(N)Cc1noc(-c2ccc(Br)s2)n1. The number of rotatable bonds is 4. The van der Waals surface area contributed by atoms with E-state index < -0.39 is 0 Å². The predicted molar refractivity (Wildman–Crippen MR) is 67.3 cm³/mol. The molecule has 16 heavy (non-hydrogen) atoms. The molecule has 0 bridgehead atoms. The smallest absolute Gasteiger partial charge is 0.268 e. The van der Waals surface area contributed by atoms with Gasteiger partial charge in [0.05, 0.1) is 8.66 Å². The minimum Gasteiger partial charge on any atom is -0.333 e. The second-order valence-electron chi connectivity index (χ2n) is 3.49. The topological polar surface area (TPSA) is 64.9 Å². The number of halogens is 1. The van der Waals surface area contributed by atoms with Gasteiger partial charge >= 0.3 is 0 Å². The Labute approximate surface area is 106 Å². The van der Waals surface area contributed by atoms with Gasteiger partial charge < -0.3 is 10.3 Å². The molecule has 2 rings (SSSR count). The van der Waals surface area contributed by atoms with Crippen molar-refractivity contribution < 1.29 is 4.52 Å². The van der Waals surface area contributed by atoms with Crippen molar-refractivity contribution in [1.82, 2.24) is 10.1 Å². The Kier molecular flexibility index (Phi) is 3.73.